The lowest BCUT2D eigenvalue weighted by molar-refractivity contribution is -0.592. The molecule has 0 aliphatic heterocycles. The van der Waals surface area contributed by atoms with E-state index < -0.39 is 17.6 Å². The topological polar surface area (TPSA) is 31.9 Å². The number of aryl methyl sites for hydroxylation is 1. The fourth-order valence-electron chi connectivity index (χ4n) is 2.69. The van der Waals surface area contributed by atoms with Crippen LogP contribution in [-0.2, 0) is 13.2 Å². The van der Waals surface area contributed by atoms with E-state index in [0.717, 1.165) is 23.3 Å². The van der Waals surface area contributed by atoms with E-state index in [1.807, 2.05) is 31.2 Å². The quantitative estimate of drug-likeness (QED) is 0.381. The normalized spacial score (nSPS) is 11.8. The van der Waals surface area contributed by atoms with Crippen LogP contribution in [0.4, 0.5) is 17.6 Å². The minimum absolute atomic E-state index is 0.0678. The summed E-state index contributed by atoms with van der Waals surface area (Å²) in [5.41, 5.74) is 1.03. The fourth-order valence-corrected chi connectivity index (χ4v) is 2.69. The first-order valence-corrected chi connectivity index (χ1v) is 7.41. The second kappa shape index (κ2) is 5.91. The summed E-state index contributed by atoms with van der Waals surface area (Å²) in [6.45, 7) is 1.92. The van der Waals surface area contributed by atoms with Crippen LogP contribution in [0.1, 0.15) is 11.1 Å². The molecule has 3 aromatic rings. The van der Waals surface area contributed by atoms with Crippen molar-refractivity contribution in [2.75, 3.05) is 0 Å². The molecule has 0 fully saturated rings. The first kappa shape index (κ1) is 17.0. The molecule has 0 spiro atoms. The summed E-state index contributed by atoms with van der Waals surface area (Å²) < 4.78 is 54.2. The van der Waals surface area contributed by atoms with Gasteiger partial charge in [-0.15, -0.1) is 0 Å². The molecule has 3 nitrogen and oxygen atoms in total. The standard InChI is InChI=1S/C18H14F4N2O/c1-11-3-5-12(6-4-11)16-10-24(25)17(23(16)2)14-8-7-13(9-15(14)19)18(20,21)22/h3-10H,1-2H3. The molecule has 0 aliphatic carbocycles. The van der Waals surface area contributed by atoms with Crippen molar-refractivity contribution in [3.8, 4) is 22.6 Å². The Balaban J connectivity index is 2.11. The maximum absolute atomic E-state index is 14.2. The predicted octanol–water partition coefficient (Wildman–Crippen LogP) is 4.46. The van der Waals surface area contributed by atoms with Crippen LogP contribution in [0.5, 0.6) is 0 Å². The van der Waals surface area contributed by atoms with E-state index in [2.05, 4.69) is 0 Å². The summed E-state index contributed by atoms with van der Waals surface area (Å²) in [5.74, 6) is -1.17. The van der Waals surface area contributed by atoms with Crippen LogP contribution in [0.3, 0.4) is 0 Å². The fraction of sp³-hybridized carbons (Fsp3) is 0.167. The summed E-state index contributed by atoms with van der Waals surface area (Å²) in [7, 11) is 1.57. The molecule has 0 aliphatic rings. The van der Waals surface area contributed by atoms with Crippen LogP contribution >= 0.6 is 0 Å². The highest BCUT2D eigenvalue weighted by Gasteiger charge is 2.32. The van der Waals surface area contributed by atoms with Gasteiger partial charge in [-0.05, 0) is 25.1 Å². The maximum atomic E-state index is 14.2. The molecule has 130 valence electrons. The van der Waals surface area contributed by atoms with Crippen LogP contribution in [0.15, 0.2) is 48.7 Å². The number of alkyl halides is 3. The van der Waals surface area contributed by atoms with Crippen molar-refractivity contribution in [2.24, 2.45) is 7.05 Å². The lowest BCUT2D eigenvalue weighted by atomic mass is 10.1. The zero-order valence-electron chi connectivity index (χ0n) is 13.4. The average molecular weight is 350 g/mol. The van der Waals surface area contributed by atoms with Crippen molar-refractivity contribution in [3.05, 3.63) is 70.8 Å². The van der Waals surface area contributed by atoms with E-state index >= 15 is 0 Å². The van der Waals surface area contributed by atoms with Gasteiger partial charge in [-0.25, -0.2) is 13.7 Å². The minimum atomic E-state index is -4.64. The van der Waals surface area contributed by atoms with E-state index in [-0.39, 0.29) is 11.4 Å². The van der Waals surface area contributed by atoms with Gasteiger partial charge in [0.15, 0.2) is 5.69 Å². The first-order valence-electron chi connectivity index (χ1n) is 7.41. The van der Waals surface area contributed by atoms with Gasteiger partial charge in [-0.2, -0.15) is 13.2 Å². The number of nitrogens with zero attached hydrogens (tertiary/aromatic N) is 2. The van der Waals surface area contributed by atoms with E-state index in [1.54, 1.807) is 7.05 Å². The van der Waals surface area contributed by atoms with Crippen molar-refractivity contribution in [1.82, 2.24) is 4.57 Å². The molecule has 0 atom stereocenters. The van der Waals surface area contributed by atoms with Crippen LogP contribution in [0.25, 0.3) is 22.6 Å². The van der Waals surface area contributed by atoms with Gasteiger partial charge in [-0.1, -0.05) is 29.8 Å². The zero-order valence-corrected chi connectivity index (χ0v) is 13.4. The molecule has 25 heavy (non-hydrogen) atoms. The molecule has 0 radical (unpaired) electrons. The smallest absolute Gasteiger partial charge is 0.416 e. The summed E-state index contributed by atoms with van der Waals surface area (Å²) in [6, 6.07) is 9.51. The summed E-state index contributed by atoms with van der Waals surface area (Å²) >= 11 is 0. The number of imidazole rings is 1. The third kappa shape index (κ3) is 3.09. The van der Waals surface area contributed by atoms with Crippen molar-refractivity contribution < 1.29 is 22.3 Å². The minimum Gasteiger partial charge on any atom is -0.710 e. The molecule has 1 aromatic heterocycles. The molecular formula is C18H14F4N2O. The third-order valence-corrected chi connectivity index (χ3v) is 4.01. The Bertz CT molecular complexity index is 927. The van der Waals surface area contributed by atoms with Crippen LogP contribution < -0.4 is 4.73 Å². The van der Waals surface area contributed by atoms with Crippen LogP contribution in [0, 0.1) is 17.9 Å². The number of hydrogen-bond acceptors (Lipinski definition) is 1. The highest BCUT2D eigenvalue weighted by molar-refractivity contribution is 5.64. The number of aromatic nitrogens is 2. The van der Waals surface area contributed by atoms with Gasteiger partial charge in [0.05, 0.1) is 12.6 Å². The lowest BCUT2D eigenvalue weighted by Gasteiger charge is -2.09. The van der Waals surface area contributed by atoms with Gasteiger partial charge in [0.25, 0.3) is 5.82 Å². The van der Waals surface area contributed by atoms with E-state index in [4.69, 9.17) is 0 Å². The molecule has 3 rings (SSSR count). The third-order valence-electron chi connectivity index (χ3n) is 4.01. The van der Waals surface area contributed by atoms with Crippen molar-refractivity contribution in [2.45, 2.75) is 13.1 Å². The summed E-state index contributed by atoms with van der Waals surface area (Å²) in [5, 5.41) is 12.2. The molecule has 1 heterocycles. The van der Waals surface area contributed by atoms with Crippen molar-refractivity contribution >= 4 is 0 Å². The summed E-state index contributed by atoms with van der Waals surface area (Å²) in [6.07, 6.45) is -3.37. The Morgan fingerprint density at radius 1 is 1.04 bits per heavy atom. The van der Waals surface area contributed by atoms with Crippen molar-refractivity contribution in [3.63, 3.8) is 0 Å². The van der Waals surface area contributed by atoms with Gasteiger partial charge in [0.1, 0.15) is 17.6 Å². The second-order valence-corrected chi connectivity index (χ2v) is 5.78. The molecule has 2 aromatic carbocycles. The monoisotopic (exact) mass is 350 g/mol. The van der Waals surface area contributed by atoms with Crippen molar-refractivity contribution in [1.29, 1.82) is 0 Å². The molecular weight excluding hydrogens is 336 g/mol. The second-order valence-electron chi connectivity index (χ2n) is 5.78. The SMILES string of the molecule is Cc1ccc(-c2c[n+]([O-])c(-c3ccc(C(F)(F)F)cc3F)n2C)cc1. The first-order chi connectivity index (χ1) is 11.7. The van der Waals surface area contributed by atoms with Crippen LogP contribution in [-0.4, -0.2) is 4.57 Å². The molecule has 0 amide bonds. The Labute approximate surface area is 141 Å². The van der Waals surface area contributed by atoms with Gasteiger partial charge < -0.3 is 5.21 Å². The van der Waals surface area contributed by atoms with E-state index in [9.17, 15) is 22.8 Å². The number of rotatable bonds is 2. The largest absolute Gasteiger partial charge is 0.710 e. The maximum Gasteiger partial charge on any atom is 0.416 e. The molecule has 0 N–H and O–H groups in total. The number of benzene rings is 2. The van der Waals surface area contributed by atoms with Crippen LogP contribution in [0.2, 0.25) is 0 Å². The lowest BCUT2D eigenvalue weighted by Crippen LogP contribution is -2.27. The molecule has 0 saturated heterocycles. The Kier molecular flexibility index (Phi) is 4.02. The number of halogens is 4. The number of hydrogen-bond donors (Lipinski definition) is 0. The van der Waals surface area contributed by atoms with Gasteiger partial charge >= 0.3 is 6.18 Å². The Morgan fingerprint density at radius 2 is 1.68 bits per heavy atom. The zero-order chi connectivity index (χ0) is 18.4. The van der Waals surface area contributed by atoms with Gasteiger partial charge in [-0.3, -0.25) is 0 Å². The molecule has 0 bridgehead atoms. The van der Waals surface area contributed by atoms with Gasteiger partial charge in [0.2, 0.25) is 0 Å². The summed E-state index contributed by atoms with van der Waals surface area (Å²) in [4.78, 5) is 0. The Morgan fingerprint density at radius 3 is 2.24 bits per heavy atom. The van der Waals surface area contributed by atoms with Gasteiger partial charge in [0, 0.05) is 5.56 Å². The average Bonchev–Trinajstić information content (AvgIpc) is 2.82. The molecule has 0 saturated carbocycles. The molecule has 0 unspecified atom stereocenters. The Hall–Kier alpha value is -2.83. The predicted molar refractivity (Wildman–Crippen MR) is 84.9 cm³/mol. The van der Waals surface area contributed by atoms with E-state index in [0.29, 0.717) is 16.5 Å². The highest BCUT2D eigenvalue weighted by atomic mass is 19.4. The molecule has 7 heteroatoms. The van der Waals surface area contributed by atoms with E-state index in [1.165, 1.54) is 10.8 Å². The highest BCUT2D eigenvalue weighted by Crippen LogP contribution is 2.33.